The van der Waals surface area contributed by atoms with Crippen molar-refractivity contribution >= 4 is 46.5 Å². The first-order valence-corrected chi connectivity index (χ1v) is 9.89. The molecule has 0 spiro atoms. The number of nitrogens with one attached hydrogen (secondary N) is 1. The van der Waals surface area contributed by atoms with Gasteiger partial charge in [0.1, 0.15) is 6.54 Å². The molecule has 1 aliphatic rings. The zero-order valence-corrected chi connectivity index (χ0v) is 16.8. The topological polar surface area (TPSA) is 83.7 Å². The molecule has 0 radical (unpaired) electrons. The maximum atomic E-state index is 12.5. The van der Waals surface area contributed by atoms with Gasteiger partial charge in [-0.1, -0.05) is 41.7 Å². The van der Waals surface area contributed by atoms with E-state index in [1.807, 2.05) is 56.3 Å². The molecule has 0 saturated heterocycles. The molecule has 0 saturated carbocycles. The first-order valence-electron chi connectivity index (χ1n) is 9.08. The number of aromatic nitrogens is 1. The van der Waals surface area contributed by atoms with Crippen LogP contribution in [0.2, 0.25) is 0 Å². The number of nitrogens with zero attached hydrogens (tertiary/aromatic N) is 2. The summed E-state index contributed by atoms with van der Waals surface area (Å²) in [5.74, 6) is -0.595. The summed E-state index contributed by atoms with van der Waals surface area (Å²) < 4.78 is 1.08. The van der Waals surface area contributed by atoms with Gasteiger partial charge < -0.3 is 10.4 Å². The van der Waals surface area contributed by atoms with Crippen LogP contribution >= 0.6 is 11.3 Å². The summed E-state index contributed by atoms with van der Waals surface area (Å²) in [6.45, 7) is 3.62. The van der Waals surface area contributed by atoms with Crippen LogP contribution in [-0.4, -0.2) is 21.8 Å². The van der Waals surface area contributed by atoms with Crippen molar-refractivity contribution in [2.45, 2.75) is 20.4 Å². The van der Waals surface area contributed by atoms with Crippen molar-refractivity contribution in [2.75, 3.05) is 5.32 Å². The standard InChI is InChI=1S/C22H19N3O3S/c1-13-6-5-9-17(14(13)2)24-20(26)12-25-21(27)19(29-22(25)28)10-15-11-23-18-8-4-3-7-16(15)18/h3-11,27H,12H2,1-2H3,(H,24,26). The lowest BCUT2D eigenvalue weighted by Gasteiger charge is -2.10. The third kappa shape index (κ3) is 3.64. The number of allylic oxidation sites excluding steroid dienone is 1. The van der Waals surface area contributed by atoms with Crippen molar-refractivity contribution in [3.63, 3.8) is 0 Å². The molecule has 2 heterocycles. The number of aromatic hydroxyl groups is 1. The molecular formula is C22H19N3O3S. The first-order chi connectivity index (χ1) is 13.9. The van der Waals surface area contributed by atoms with Crippen LogP contribution in [0.15, 0.2) is 52.3 Å². The fourth-order valence-corrected chi connectivity index (χ4v) is 4.00. The molecule has 1 aliphatic heterocycles. The molecule has 7 heteroatoms. The van der Waals surface area contributed by atoms with Crippen LogP contribution in [0.5, 0.6) is 5.88 Å². The zero-order valence-electron chi connectivity index (χ0n) is 16.0. The van der Waals surface area contributed by atoms with Gasteiger partial charge in [-0.2, -0.15) is 0 Å². The van der Waals surface area contributed by atoms with E-state index >= 15 is 0 Å². The van der Waals surface area contributed by atoms with Crippen molar-refractivity contribution in [3.8, 4) is 5.88 Å². The van der Waals surface area contributed by atoms with E-state index in [-0.39, 0.29) is 18.3 Å². The van der Waals surface area contributed by atoms with Gasteiger partial charge in [-0.05, 0) is 43.2 Å². The van der Waals surface area contributed by atoms with Gasteiger partial charge in [0.25, 0.3) is 0 Å². The van der Waals surface area contributed by atoms with Crippen LogP contribution in [-0.2, 0) is 11.3 Å². The van der Waals surface area contributed by atoms with Gasteiger partial charge in [-0.15, -0.1) is 0 Å². The van der Waals surface area contributed by atoms with Crippen LogP contribution in [0.3, 0.4) is 0 Å². The minimum atomic E-state index is -0.395. The number of thiazole rings is 1. The summed E-state index contributed by atoms with van der Waals surface area (Å²) in [6, 6.07) is 13.3. The number of benzene rings is 2. The molecule has 0 aliphatic carbocycles. The highest BCUT2D eigenvalue weighted by Gasteiger charge is 2.18. The Bertz CT molecular complexity index is 1230. The Morgan fingerprint density at radius 3 is 2.83 bits per heavy atom. The van der Waals surface area contributed by atoms with Gasteiger partial charge >= 0.3 is 4.87 Å². The normalized spacial score (nSPS) is 13.7. The third-order valence-electron chi connectivity index (χ3n) is 4.92. The second-order valence-corrected chi connectivity index (χ2v) is 7.81. The Kier molecular flexibility index (Phi) is 4.90. The predicted octanol–water partition coefficient (Wildman–Crippen LogP) is 4.13. The highest BCUT2D eigenvalue weighted by Crippen LogP contribution is 2.34. The van der Waals surface area contributed by atoms with Crippen LogP contribution in [0.25, 0.3) is 11.6 Å². The minimum Gasteiger partial charge on any atom is -0.493 e. The Balaban J connectivity index is 1.58. The SMILES string of the molecule is Cc1cccc(NC(=O)Cn2c(O)c(C=C3C=Nc4ccccc43)sc2=O)c1C. The Hall–Kier alpha value is -3.45. The van der Waals surface area contributed by atoms with Gasteiger partial charge in [-0.25, -0.2) is 0 Å². The molecular weight excluding hydrogens is 386 g/mol. The molecule has 2 N–H and O–H groups in total. The van der Waals surface area contributed by atoms with E-state index in [1.165, 1.54) is 0 Å². The van der Waals surface area contributed by atoms with Crippen LogP contribution in [0.4, 0.5) is 11.4 Å². The largest absolute Gasteiger partial charge is 0.493 e. The van der Waals surface area contributed by atoms with Crippen LogP contribution in [0.1, 0.15) is 21.6 Å². The first kappa shape index (κ1) is 18.9. The van der Waals surface area contributed by atoms with E-state index in [1.54, 1.807) is 12.3 Å². The Morgan fingerprint density at radius 2 is 2.00 bits per heavy atom. The molecule has 29 heavy (non-hydrogen) atoms. The van der Waals surface area contributed by atoms with Gasteiger partial charge in [0.2, 0.25) is 11.8 Å². The summed E-state index contributed by atoms with van der Waals surface area (Å²) in [7, 11) is 0. The summed E-state index contributed by atoms with van der Waals surface area (Å²) in [5, 5.41) is 13.3. The van der Waals surface area contributed by atoms with Gasteiger partial charge in [0.15, 0.2) is 0 Å². The number of aliphatic imine (C=N–C) groups is 1. The number of carbonyl (C=O) groups is 1. The zero-order chi connectivity index (χ0) is 20.5. The lowest BCUT2D eigenvalue weighted by Crippen LogP contribution is -2.24. The highest BCUT2D eigenvalue weighted by molar-refractivity contribution is 7.10. The molecule has 3 aromatic rings. The van der Waals surface area contributed by atoms with E-state index < -0.39 is 4.87 Å². The predicted molar refractivity (Wildman–Crippen MR) is 117 cm³/mol. The number of hydrogen-bond donors (Lipinski definition) is 2. The number of fused-ring (bicyclic) bond motifs is 1. The van der Waals surface area contributed by atoms with Gasteiger partial charge in [0.05, 0.1) is 10.6 Å². The Labute approximate surface area is 171 Å². The average Bonchev–Trinajstić information content (AvgIpc) is 3.22. The summed E-state index contributed by atoms with van der Waals surface area (Å²) in [4.78, 5) is 29.1. The summed E-state index contributed by atoms with van der Waals surface area (Å²) in [6.07, 6.45) is 3.42. The number of para-hydroxylation sites is 1. The smallest absolute Gasteiger partial charge is 0.311 e. The fourth-order valence-electron chi connectivity index (χ4n) is 3.16. The summed E-state index contributed by atoms with van der Waals surface area (Å²) >= 11 is 0.896. The second-order valence-electron chi connectivity index (χ2n) is 6.81. The van der Waals surface area contributed by atoms with Crippen LogP contribution < -0.4 is 10.2 Å². The number of anilines is 1. The maximum Gasteiger partial charge on any atom is 0.311 e. The number of amides is 1. The van der Waals surface area contributed by atoms with Crippen LogP contribution in [0, 0.1) is 13.8 Å². The second kappa shape index (κ2) is 7.52. The Morgan fingerprint density at radius 1 is 1.21 bits per heavy atom. The van der Waals surface area contributed by atoms with Crippen molar-refractivity contribution in [3.05, 3.63) is 73.7 Å². The highest BCUT2D eigenvalue weighted by atomic mass is 32.1. The van der Waals surface area contributed by atoms with Crippen molar-refractivity contribution in [2.24, 2.45) is 4.99 Å². The van der Waals surface area contributed by atoms with E-state index in [4.69, 9.17) is 0 Å². The number of rotatable bonds is 4. The molecule has 1 amide bonds. The average molecular weight is 405 g/mol. The molecule has 0 bridgehead atoms. The maximum absolute atomic E-state index is 12.5. The minimum absolute atomic E-state index is 0.221. The molecule has 6 nitrogen and oxygen atoms in total. The van der Waals surface area contributed by atoms with Gasteiger partial charge in [0, 0.05) is 23.0 Å². The molecule has 4 rings (SSSR count). The third-order valence-corrected chi connectivity index (χ3v) is 5.83. The molecule has 1 aromatic heterocycles. The van der Waals surface area contributed by atoms with Crippen molar-refractivity contribution in [1.29, 1.82) is 0 Å². The monoisotopic (exact) mass is 405 g/mol. The van der Waals surface area contributed by atoms with E-state index in [2.05, 4.69) is 10.3 Å². The van der Waals surface area contributed by atoms with E-state index in [9.17, 15) is 14.7 Å². The lowest BCUT2D eigenvalue weighted by atomic mass is 10.1. The van der Waals surface area contributed by atoms with E-state index in [0.29, 0.717) is 10.6 Å². The van der Waals surface area contributed by atoms with E-state index in [0.717, 1.165) is 43.9 Å². The molecule has 0 atom stereocenters. The van der Waals surface area contributed by atoms with Crippen molar-refractivity contribution < 1.29 is 9.90 Å². The quantitative estimate of drug-likeness (QED) is 0.685. The number of hydrogen-bond acceptors (Lipinski definition) is 5. The molecule has 0 fully saturated rings. The molecule has 2 aromatic carbocycles. The summed E-state index contributed by atoms with van der Waals surface area (Å²) in [5.41, 5.74) is 5.31. The number of aryl methyl sites for hydroxylation is 1. The molecule has 0 unspecified atom stereocenters. The van der Waals surface area contributed by atoms with Gasteiger partial charge in [-0.3, -0.25) is 19.1 Å². The lowest BCUT2D eigenvalue weighted by molar-refractivity contribution is -0.116. The fraction of sp³-hybridized carbons (Fsp3) is 0.136. The number of carbonyl (C=O) groups excluding carboxylic acids is 1. The van der Waals surface area contributed by atoms with Crippen molar-refractivity contribution in [1.82, 2.24) is 4.57 Å². The molecule has 146 valence electrons.